The summed E-state index contributed by atoms with van der Waals surface area (Å²) in [5, 5.41) is 10.1. The Morgan fingerprint density at radius 1 is 0.882 bits per heavy atom. The largest absolute Gasteiger partial charge is 0.343 e. The Balaban J connectivity index is 1.53. The molecule has 1 aromatic heterocycles. The summed E-state index contributed by atoms with van der Waals surface area (Å²) in [6.45, 7) is 8.68. The van der Waals surface area contributed by atoms with Gasteiger partial charge in [0.25, 0.3) is 24.0 Å². The van der Waals surface area contributed by atoms with E-state index >= 15 is 0 Å². The molecule has 1 aliphatic heterocycles. The number of fused-ring (bicyclic) bond motifs is 1. The van der Waals surface area contributed by atoms with Crippen LogP contribution in [0.5, 0.6) is 0 Å². The third kappa shape index (κ3) is 9.58. The number of carbonyl (C=O) groups excluding carboxylic acids is 6. The fraction of sp³-hybridized carbons (Fsp3) is 0.500. The molecule has 1 aliphatic carbocycles. The summed E-state index contributed by atoms with van der Waals surface area (Å²) in [6, 6.07) is 4.75. The maximum Gasteiger partial charge on any atom is 0.294 e. The molecular formula is C36H45F2N7O6. The van der Waals surface area contributed by atoms with E-state index in [2.05, 4.69) is 31.2 Å². The minimum absolute atomic E-state index is 0.00632. The van der Waals surface area contributed by atoms with E-state index in [1.54, 1.807) is 65.0 Å². The summed E-state index contributed by atoms with van der Waals surface area (Å²) in [6.07, 6.45) is 3.12. The predicted molar refractivity (Wildman–Crippen MR) is 181 cm³/mol. The first-order valence-corrected chi connectivity index (χ1v) is 17.1. The predicted octanol–water partition coefficient (Wildman–Crippen LogP) is 2.71. The van der Waals surface area contributed by atoms with Crippen molar-refractivity contribution in [2.24, 2.45) is 23.7 Å². The lowest BCUT2D eigenvalue weighted by Gasteiger charge is -2.33. The number of nitrogens with one attached hydrogen (secondary N) is 4. The Morgan fingerprint density at radius 3 is 2.18 bits per heavy atom. The minimum atomic E-state index is -3.17. The van der Waals surface area contributed by atoms with Crippen LogP contribution in [0.3, 0.4) is 0 Å². The van der Waals surface area contributed by atoms with E-state index in [9.17, 15) is 37.5 Å². The van der Waals surface area contributed by atoms with Crippen LogP contribution in [0, 0.1) is 23.7 Å². The van der Waals surface area contributed by atoms with E-state index in [4.69, 9.17) is 0 Å². The lowest BCUT2D eigenvalue weighted by atomic mass is 9.93. The van der Waals surface area contributed by atoms with E-state index in [-0.39, 0.29) is 36.1 Å². The summed E-state index contributed by atoms with van der Waals surface area (Å²) >= 11 is 0. The van der Waals surface area contributed by atoms with E-state index < -0.39 is 77.5 Å². The van der Waals surface area contributed by atoms with E-state index in [1.165, 1.54) is 23.5 Å². The Morgan fingerprint density at radius 2 is 1.57 bits per heavy atom. The van der Waals surface area contributed by atoms with E-state index in [1.807, 2.05) is 0 Å². The lowest BCUT2D eigenvalue weighted by molar-refractivity contribution is -0.143. The van der Waals surface area contributed by atoms with Crippen LogP contribution >= 0.6 is 0 Å². The molecule has 15 heteroatoms. The molecule has 1 saturated carbocycles. The van der Waals surface area contributed by atoms with Crippen LogP contribution in [-0.4, -0.2) is 81.3 Å². The highest BCUT2D eigenvalue weighted by Crippen LogP contribution is 2.42. The van der Waals surface area contributed by atoms with Crippen molar-refractivity contribution in [3.63, 3.8) is 0 Å². The second-order valence-corrected chi connectivity index (χ2v) is 13.6. The SMILES string of the molecule is CC(C)[C@H](NC(=O)c1cnccn1)C(=O)N[C@H](C(=O)N1CC2CCCC2[C@H]1C(=O)N/C(=C/C(F)F)C(=O)C(=O)N[C@@H](C)c1ccccc1)C(C)C. The third-order valence-electron chi connectivity index (χ3n) is 9.35. The van der Waals surface area contributed by atoms with Crippen molar-refractivity contribution < 1.29 is 37.5 Å². The Hall–Kier alpha value is -5.08. The first-order valence-electron chi connectivity index (χ1n) is 17.1. The molecule has 1 aromatic carbocycles. The zero-order valence-electron chi connectivity index (χ0n) is 29.3. The van der Waals surface area contributed by atoms with Gasteiger partial charge in [0.2, 0.25) is 17.7 Å². The van der Waals surface area contributed by atoms with Crippen LogP contribution in [0.15, 0.2) is 60.7 Å². The van der Waals surface area contributed by atoms with Gasteiger partial charge in [0.1, 0.15) is 23.8 Å². The van der Waals surface area contributed by atoms with Gasteiger partial charge in [-0.1, -0.05) is 64.4 Å². The molecule has 4 rings (SSSR count). The second-order valence-electron chi connectivity index (χ2n) is 13.6. The van der Waals surface area contributed by atoms with Gasteiger partial charge in [-0.15, -0.1) is 0 Å². The number of benzene rings is 1. The standard InChI is InChI=1S/C36H45F2N7O6/c1-19(2)28(43-32(47)26-17-39-14-15-40-26)33(48)44-29(20(3)4)36(51)45-18-23-12-9-13-24(23)30(45)34(49)42-25(16-27(37)38)31(46)35(50)41-21(5)22-10-7-6-8-11-22/h6-8,10-11,14-17,19-21,23-24,27-30H,9,12-13,18H2,1-5H3,(H,41,50)(H,42,49)(H,43,47)(H,44,48)/b25-16+/t21-,23?,24?,28-,29-,30-/m0/s1. The molecule has 2 aliphatic rings. The number of nitrogens with zero attached hydrogens (tertiary/aromatic N) is 3. The molecule has 0 bridgehead atoms. The Kier molecular flexibility index (Phi) is 13.1. The fourth-order valence-corrected chi connectivity index (χ4v) is 6.69. The summed E-state index contributed by atoms with van der Waals surface area (Å²) < 4.78 is 27.3. The number of likely N-dealkylation sites (tertiary alicyclic amines) is 1. The first kappa shape index (κ1) is 38.7. The zero-order valence-corrected chi connectivity index (χ0v) is 29.3. The third-order valence-corrected chi connectivity index (χ3v) is 9.35. The smallest absolute Gasteiger partial charge is 0.294 e. The molecule has 1 saturated heterocycles. The number of rotatable bonds is 14. The molecule has 6 atom stereocenters. The monoisotopic (exact) mass is 709 g/mol. The van der Waals surface area contributed by atoms with Crippen molar-refractivity contribution in [2.45, 2.75) is 84.5 Å². The van der Waals surface area contributed by atoms with Gasteiger partial charge in [-0.05, 0) is 49.0 Å². The maximum atomic E-state index is 14.2. The van der Waals surface area contributed by atoms with Crippen molar-refractivity contribution in [1.82, 2.24) is 36.1 Å². The fourth-order valence-electron chi connectivity index (χ4n) is 6.69. The van der Waals surface area contributed by atoms with Crippen molar-refractivity contribution in [3.05, 3.63) is 72.0 Å². The highest BCUT2D eigenvalue weighted by molar-refractivity contribution is 6.43. The molecule has 0 radical (unpaired) electrons. The summed E-state index contributed by atoms with van der Waals surface area (Å²) in [5.74, 6) is -6.51. The summed E-state index contributed by atoms with van der Waals surface area (Å²) in [4.78, 5) is 89.7. The van der Waals surface area contributed by atoms with Gasteiger partial charge >= 0.3 is 0 Å². The van der Waals surface area contributed by atoms with Crippen LogP contribution in [-0.2, 0) is 24.0 Å². The molecule has 274 valence electrons. The molecule has 0 spiro atoms. The molecule has 2 unspecified atom stereocenters. The minimum Gasteiger partial charge on any atom is -0.343 e. The Labute approximate surface area is 295 Å². The number of halogens is 2. The van der Waals surface area contributed by atoms with Crippen molar-refractivity contribution in [2.75, 3.05) is 6.54 Å². The molecule has 51 heavy (non-hydrogen) atoms. The lowest BCUT2D eigenvalue weighted by Crippen LogP contribution is -2.59. The van der Waals surface area contributed by atoms with Gasteiger partial charge < -0.3 is 26.2 Å². The number of carbonyl (C=O) groups is 6. The van der Waals surface area contributed by atoms with E-state index in [0.29, 0.717) is 12.0 Å². The average molecular weight is 710 g/mol. The van der Waals surface area contributed by atoms with Gasteiger partial charge in [-0.25, -0.2) is 13.8 Å². The van der Waals surface area contributed by atoms with Gasteiger partial charge in [0.05, 0.1) is 17.9 Å². The zero-order chi connectivity index (χ0) is 37.4. The van der Waals surface area contributed by atoms with E-state index in [0.717, 1.165) is 12.8 Å². The van der Waals surface area contributed by atoms with Gasteiger partial charge in [-0.2, -0.15) is 0 Å². The molecule has 2 heterocycles. The van der Waals surface area contributed by atoms with Crippen LogP contribution < -0.4 is 21.3 Å². The number of amides is 5. The number of Topliss-reactive ketones (excluding diaryl/α,β-unsaturated/α-hetero) is 1. The van der Waals surface area contributed by atoms with Crippen molar-refractivity contribution >= 4 is 35.3 Å². The van der Waals surface area contributed by atoms with Crippen molar-refractivity contribution in [3.8, 4) is 0 Å². The molecule has 2 aromatic rings. The first-order chi connectivity index (χ1) is 24.2. The number of allylic oxidation sites excluding steroid dienone is 1. The molecule has 5 amide bonds. The van der Waals surface area contributed by atoms with Crippen LogP contribution in [0.2, 0.25) is 0 Å². The van der Waals surface area contributed by atoms with Crippen LogP contribution in [0.25, 0.3) is 0 Å². The summed E-state index contributed by atoms with van der Waals surface area (Å²) in [5.41, 5.74) is -0.213. The van der Waals surface area contributed by atoms with Crippen molar-refractivity contribution in [1.29, 1.82) is 0 Å². The average Bonchev–Trinajstić information content (AvgIpc) is 3.70. The number of hydrogen-bond donors (Lipinski definition) is 4. The Bertz CT molecular complexity index is 1620. The highest BCUT2D eigenvalue weighted by Gasteiger charge is 2.51. The maximum absolute atomic E-state index is 14.2. The topological polar surface area (TPSA) is 180 Å². The van der Waals surface area contributed by atoms with Crippen LogP contribution in [0.4, 0.5) is 8.78 Å². The molecular weight excluding hydrogens is 664 g/mol. The van der Waals surface area contributed by atoms with Gasteiger partial charge in [0.15, 0.2) is 0 Å². The molecule has 13 nitrogen and oxygen atoms in total. The normalized spacial score (nSPS) is 20.4. The number of hydrogen-bond acceptors (Lipinski definition) is 8. The van der Waals surface area contributed by atoms with Gasteiger partial charge in [-0.3, -0.25) is 33.8 Å². The number of aromatic nitrogens is 2. The second kappa shape index (κ2) is 17.2. The highest BCUT2D eigenvalue weighted by atomic mass is 19.3. The quantitative estimate of drug-likeness (QED) is 0.171. The number of alkyl halides is 2. The molecule has 4 N–H and O–H groups in total. The summed E-state index contributed by atoms with van der Waals surface area (Å²) in [7, 11) is 0. The van der Waals surface area contributed by atoms with Crippen LogP contribution in [0.1, 0.15) is 76.0 Å². The number of ketones is 1. The molecule has 2 fully saturated rings. The van der Waals surface area contributed by atoms with Gasteiger partial charge in [0, 0.05) is 25.0 Å².